The van der Waals surface area contributed by atoms with Crippen molar-refractivity contribution in [3.63, 3.8) is 0 Å². The van der Waals surface area contributed by atoms with E-state index >= 15 is 0 Å². The summed E-state index contributed by atoms with van der Waals surface area (Å²) in [5.41, 5.74) is 5.32. The third kappa shape index (κ3) is 3.77. The topological polar surface area (TPSA) is 118 Å². The highest BCUT2D eigenvalue weighted by molar-refractivity contribution is 5.85. The van der Waals surface area contributed by atoms with E-state index in [0.29, 0.717) is 5.76 Å². The Morgan fingerprint density at radius 1 is 1.67 bits per heavy atom. The largest absolute Gasteiger partial charge is 0.481 e. The summed E-state index contributed by atoms with van der Waals surface area (Å²) < 4.78 is 4.72. The van der Waals surface area contributed by atoms with E-state index in [0.717, 1.165) is 0 Å². The average molecular weight is 213 g/mol. The molecule has 1 heterocycles. The first-order valence-corrected chi connectivity index (χ1v) is 4.24. The van der Waals surface area contributed by atoms with Crippen LogP contribution in [0.3, 0.4) is 0 Å². The van der Waals surface area contributed by atoms with Crippen molar-refractivity contribution in [1.29, 1.82) is 0 Å². The van der Waals surface area contributed by atoms with Crippen LogP contribution >= 0.6 is 0 Å². The Balaban J connectivity index is 2.32. The van der Waals surface area contributed by atoms with Crippen LogP contribution in [0.2, 0.25) is 0 Å². The number of carboxylic acids is 1. The highest BCUT2D eigenvalue weighted by atomic mass is 16.5. The van der Waals surface area contributed by atoms with Crippen LogP contribution in [-0.2, 0) is 16.1 Å². The quantitative estimate of drug-likeness (QED) is 0.582. The van der Waals surface area contributed by atoms with E-state index in [2.05, 4.69) is 10.5 Å². The maximum absolute atomic E-state index is 11.2. The number of amides is 1. The van der Waals surface area contributed by atoms with Crippen molar-refractivity contribution in [2.24, 2.45) is 5.73 Å². The minimum atomic E-state index is -1.11. The molecule has 0 fully saturated rings. The molecule has 0 aliphatic rings. The van der Waals surface area contributed by atoms with Gasteiger partial charge in [0.05, 0.1) is 25.2 Å². The van der Waals surface area contributed by atoms with Crippen molar-refractivity contribution >= 4 is 11.9 Å². The van der Waals surface area contributed by atoms with Crippen molar-refractivity contribution in [3.8, 4) is 0 Å². The van der Waals surface area contributed by atoms with E-state index in [1.807, 2.05) is 0 Å². The summed E-state index contributed by atoms with van der Waals surface area (Å²) in [7, 11) is 0. The van der Waals surface area contributed by atoms with E-state index in [1.54, 1.807) is 6.07 Å². The average Bonchev–Trinajstić information content (AvgIpc) is 2.65. The predicted molar refractivity (Wildman–Crippen MR) is 48.6 cm³/mol. The Morgan fingerprint density at radius 2 is 2.40 bits per heavy atom. The second kappa shape index (κ2) is 5.11. The Kier molecular flexibility index (Phi) is 3.81. The molecule has 0 aliphatic heterocycles. The van der Waals surface area contributed by atoms with Crippen molar-refractivity contribution in [1.82, 2.24) is 10.5 Å². The molecule has 7 heteroatoms. The molecule has 1 aromatic heterocycles. The van der Waals surface area contributed by atoms with Crippen molar-refractivity contribution < 1.29 is 19.2 Å². The van der Waals surface area contributed by atoms with Crippen LogP contribution in [0.5, 0.6) is 0 Å². The first kappa shape index (κ1) is 11.2. The Morgan fingerprint density at radius 3 is 2.93 bits per heavy atom. The monoisotopic (exact) mass is 213 g/mol. The van der Waals surface area contributed by atoms with Gasteiger partial charge in [0.25, 0.3) is 0 Å². The van der Waals surface area contributed by atoms with E-state index in [-0.39, 0.29) is 6.54 Å². The molecule has 0 aromatic carbocycles. The maximum Gasteiger partial charge on any atom is 0.305 e. The van der Waals surface area contributed by atoms with Crippen LogP contribution in [0.4, 0.5) is 0 Å². The smallest absolute Gasteiger partial charge is 0.305 e. The normalized spacial score (nSPS) is 12.1. The molecule has 0 bridgehead atoms. The van der Waals surface area contributed by atoms with E-state index in [1.165, 1.54) is 6.20 Å². The Labute approximate surface area is 85.2 Å². The number of carboxylic acid groups (broad SMARTS) is 1. The molecule has 1 atom stereocenters. The van der Waals surface area contributed by atoms with Gasteiger partial charge in [-0.1, -0.05) is 5.16 Å². The van der Waals surface area contributed by atoms with Crippen molar-refractivity contribution in [2.75, 3.05) is 0 Å². The number of carbonyl (C=O) groups excluding carboxylic acids is 1. The van der Waals surface area contributed by atoms with Gasteiger partial charge in [-0.25, -0.2) is 0 Å². The molecule has 82 valence electrons. The molecule has 1 aromatic rings. The van der Waals surface area contributed by atoms with Crippen LogP contribution in [0.1, 0.15) is 12.2 Å². The highest BCUT2D eigenvalue weighted by Crippen LogP contribution is 1.96. The zero-order chi connectivity index (χ0) is 11.3. The van der Waals surface area contributed by atoms with Crippen molar-refractivity contribution in [3.05, 3.63) is 18.0 Å². The summed E-state index contributed by atoms with van der Waals surface area (Å²) in [6.45, 7) is 0.145. The molecule has 7 nitrogen and oxygen atoms in total. The number of hydrogen-bond donors (Lipinski definition) is 3. The lowest BCUT2D eigenvalue weighted by Gasteiger charge is -2.08. The lowest BCUT2D eigenvalue weighted by Crippen LogP contribution is -2.41. The van der Waals surface area contributed by atoms with E-state index < -0.39 is 24.3 Å². The van der Waals surface area contributed by atoms with Crippen LogP contribution in [0.25, 0.3) is 0 Å². The van der Waals surface area contributed by atoms with Gasteiger partial charge in [0, 0.05) is 6.07 Å². The Bertz CT molecular complexity index is 336. The number of aliphatic carboxylic acids is 1. The van der Waals surface area contributed by atoms with Gasteiger partial charge in [0.2, 0.25) is 5.91 Å². The second-order valence-electron chi connectivity index (χ2n) is 2.90. The molecule has 1 rings (SSSR count). The lowest BCUT2D eigenvalue weighted by molar-refractivity contribution is -0.139. The number of carbonyl (C=O) groups is 2. The summed E-state index contributed by atoms with van der Waals surface area (Å²) in [6, 6.07) is 0.536. The fourth-order valence-corrected chi connectivity index (χ4v) is 0.919. The summed E-state index contributed by atoms with van der Waals surface area (Å²) in [4.78, 5) is 21.5. The maximum atomic E-state index is 11.2. The third-order valence-corrected chi connectivity index (χ3v) is 1.66. The minimum absolute atomic E-state index is 0.145. The molecule has 4 N–H and O–H groups in total. The number of aromatic nitrogens is 1. The van der Waals surface area contributed by atoms with Crippen LogP contribution in [0, 0.1) is 0 Å². The molecular formula is C8H11N3O4. The van der Waals surface area contributed by atoms with Gasteiger partial charge < -0.3 is 20.7 Å². The van der Waals surface area contributed by atoms with Crippen LogP contribution in [0.15, 0.2) is 16.8 Å². The molecule has 0 saturated carbocycles. The van der Waals surface area contributed by atoms with E-state index in [9.17, 15) is 9.59 Å². The third-order valence-electron chi connectivity index (χ3n) is 1.66. The molecule has 15 heavy (non-hydrogen) atoms. The van der Waals surface area contributed by atoms with E-state index in [4.69, 9.17) is 15.4 Å². The number of hydrogen-bond acceptors (Lipinski definition) is 5. The van der Waals surface area contributed by atoms with Crippen LogP contribution in [-0.4, -0.2) is 28.2 Å². The Hall–Kier alpha value is -1.89. The highest BCUT2D eigenvalue weighted by Gasteiger charge is 2.16. The standard InChI is InChI=1S/C8H11N3O4/c9-6(3-7(12)13)8(14)10-4-5-1-2-11-15-5/h1-2,6H,3-4,9H2,(H,10,14)(H,12,13). The first-order valence-electron chi connectivity index (χ1n) is 4.24. The number of nitrogens with zero attached hydrogens (tertiary/aromatic N) is 1. The second-order valence-corrected chi connectivity index (χ2v) is 2.90. The minimum Gasteiger partial charge on any atom is -0.481 e. The summed E-state index contributed by atoms with van der Waals surface area (Å²) in [5.74, 6) is -1.17. The van der Waals surface area contributed by atoms with Gasteiger partial charge in [-0.2, -0.15) is 0 Å². The molecule has 0 saturated heterocycles. The molecular weight excluding hydrogens is 202 g/mol. The van der Waals surface area contributed by atoms with Crippen LogP contribution < -0.4 is 11.1 Å². The van der Waals surface area contributed by atoms with Gasteiger partial charge in [0.1, 0.15) is 0 Å². The van der Waals surface area contributed by atoms with Gasteiger partial charge >= 0.3 is 5.97 Å². The first-order chi connectivity index (χ1) is 7.09. The zero-order valence-corrected chi connectivity index (χ0v) is 7.84. The summed E-state index contributed by atoms with van der Waals surface area (Å²) in [5, 5.41) is 14.3. The molecule has 1 unspecified atom stereocenters. The SMILES string of the molecule is NC(CC(=O)O)C(=O)NCc1ccno1. The number of nitrogens with two attached hydrogens (primary N) is 1. The van der Waals surface area contributed by atoms with Gasteiger partial charge in [-0.15, -0.1) is 0 Å². The number of nitrogens with one attached hydrogen (secondary N) is 1. The summed E-state index contributed by atoms with van der Waals surface area (Å²) >= 11 is 0. The number of rotatable bonds is 5. The van der Waals surface area contributed by atoms with Gasteiger partial charge in [-0.05, 0) is 0 Å². The predicted octanol–water partition coefficient (Wildman–Crippen LogP) is -0.907. The van der Waals surface area contributed by atoms with Gasteiger partial charge in [0.15, 0.2) is 5.76 Å². The lowest BCUT2D eigenvalue weighted by atomic mass is 10.2. The van der Waals surface area contributed by atoms with Gasteiger partial charge in [-0.3, -0.25) is 9.59 Å². The molecule has 1 amide bonds. The van der Waals surface area contributed by atoms with Crippen molar-refractivity contribution in [2.45, 2.75) is 19.0 Å². The molecule has 0 spiro atoms. The molecule has 0 radical (unpaired) electrons. The fraction of sp³-hybridized carbons (Fsp3) is 0.375. The molecule has 0 aliphatic carbocycles. The fourth-order valence-electron chi connectivity index (χ4n) is 0.919. The zero-order valence-electron chi connectivity index (χ0n) is 7.84. The summed E-state index contributed by atoms with van der Waals surface area (Å²) in [6.07, 6.45) is 1.04.